The summed E-state index contributed by atoms with van der Waals surface area (Å²) >= 11 is 9.89. The molecule has 0 amide bonds. The lowest BCUT2D eigenvalue weighted by molar-refractivity contribution is 0.218. The molecule has 17 heavy (non-hydrogen) atoms. The Bertz CT molecular complexity index is 558. The number of halogens is 4. The van der Waals surface area contributed by atoms with Crippen LogP contribution >= 0.6 is 38.9 Å². The van der Waals surface area contributed by atoms with E-state index >= 15 is 0 Å². The summed E-state index contributed by atoms with van der Waals surface area (Å²) in [5, 5.41) is 12.0. The van der Waals surface area contributed by atoms with E-state index in [1.165, 1.54) is 11.3 Å². The molecule has 1 N–H and O–H groups in total. The van der Waals surface area contributed by atoms with Crippen LogP contribution in [0.25, 0.3) is 0 Å². The summed E-state index contributed by atoms with van der Waals surface area (Å²) in [7, 11) is 0. The highest BCUT2D eigenvalue weighted by atomic mass is 79.9. The summed E-state index contributed by atoms with van der Waals surface area (Å²) < 4.78 is 26.9. The zero-order valence-electron chi connectivity index (χ0n) is 8.25. The summed E-state index contributed by atoms with van der Waals surface area (Å²) in [6.07, 6.45) is -1.26. The second-order valence-corrected chi connectivity index (χ2v) is 5.53. The van der Waals surface area contributed by atoms with Gasteiger partial charge in [-0.2, -0.15) is 0 Å². The highest BCUT2D eigenvalue weighted by Crippen LogP contribution is 2.35. The van der Waals surface area contributed by atoms with Crippen molar-refractivity contribution in [3.63, 3.8) is 0 Å². The van der Waals surface area contributed by atoms with Crippen LogP contribution in [0, 0.1) is 11.6 Å². The SMILES string of the molecule is OC(c1cc(F)c(Br)cc1F)c1sccc1Cl. The molecule has 2 aromatic rings. The topological polar surface area (TPSA) is 20.2 Å². The Labute approximate surface area is 114 Å². The summed E-state index contributed by atoms with van der Waals surface area (Å²) in [5.41, 5.74) is -0.130. The van der Waals surface area contributed by atoms with Crippen molar-refractivity contribution >= 4 is 38.9 Å². The fraction of sp³-hybridized carbons (Fsp3) is 0.0909. The summed E-state index contributed by atoms with van der Waals surface area (Å²) in [5.74, 6) is -1.32. The fourth-order valence-corrected chi connectivity index (χ4v) is 2.87. The van der Waals surface area contributed by atoms with Crippen molar-refractivity contribution in [1.29, 1.82) is 0 Å². The van der Waals surface area contributed by atoms with E-state index in [-0.39, 0.29) is 10.0 Å². The average molecular weight is 340 g/mol. The molecule has 0 aliphatic heterocycles. The summed E-state index contributed by atoms with van der Waals surface area (Å²) in [6.45, 7) is 0. The molecular weight excluding hydrogens is 334 g/mol. The molecule has 0 saturated heterocycles. The highest BCUT2D eigenvalue weighted by Gasteiger charge is 2.20. The maximum Gasteiger partial charge on any atom is 0.137 e. The van der Waals surface area contributed by atoms with E-state index in [0.717, 1.165) is 12.1 Å². The van der Waals surface area contributed by atoms with Crippen LogP contribution in [0.4, 0.5) is 8.78 Å². The minimum atomic E-state index is -1.26. The molecule has 0 aliphatic rings. The van der Waals surface area contributed by atoms with Crippen LogP contribution in [0.5, 0.6) is 0 Å². The van der Waals surface area contributed by atoms with Crippen LogP contribution in [0.1, 0.15) is 16.5 Å². The number of rotatable bonds is 2. The van der Waals surface area contributed by atoms with E-state index in [2.05, 4.69) is 15.9 Å². The largest absolute Gasteiger partial charge is 0.383 e. The minimum absolute atomic E-state index is 0.0169. The normalized spacial score (nSPS) is 12.8. The third kappa shape index (κ3) is 2.52. The molecule has 0 fully saturated rings. The molecule has 0 radical (unpaired) electrons. The first-order valence-corrected chi connectivity index (χ1v) is 6.61. The van der Waals surface area contributed by atoms with Gasteiger partial charge < -0.3 is 5.11 Å². The lowest BCUT2D eigenvalue weighted by atomic mass is 10.1. The first-order chi connectivity index (χ1) is 8.00. The molecule has 1 unspecified atom stereocenters. The van der Waals surface area contributed by atoms with Crippen molar-refractivity contribution in [2.45, 2.75) is 6.10 Å². The minimum Gasteiger partial charge on any atom is -0.383 e. The van der Waals surface area contributed by atoms with Crippen molar-refractivity contribution in [3.8, 4) is 0 Å². The van der Waals surface area contributed by atoms with Crippen molar-refractivity contribution < 1.29 is 13.9 Å². The molecule has 0 saturated carbocycles. The molecule has 1 nitrogen and oxygen atoms in total. The zero-order chi connectivity index (χ0) is 12.6. The Balaban J connectivity index is 2.48. The average Bonchev–Trinajstić information content (AvgIpc) is 2.69. The van der Waals surface area contributed by atoms with E-state index in [1.54, 1.807) is 11.4 Å². The van der Waals surface area contributed by atoms with Gasteiger partial charge in [-0.3, -0.25) is 0 Å². The number of hydrogen-bond acceptors (Lipinski definition) is 2. The Morgan fingerprint density at radius 1 is 1.29 bits per heavy atom. The van der Waals surface area contributed by atoms with E-state index in [9.17, 15) is 13.9 Å². The van der Waals surface area contributed by atoms with Gasteiger partial charge in [-0.25, -0.2) is 8.78 Å². The number of benzene rings is 1. The second kappa shape index (κ2) is 5.02. The van der Waals surface area contributed by atoms with Gasteiger partial charge in [0.15, 0.2) is 0 Å². The number of aliphatic hydroxyl groups excluding tert-OH is 1. The lowest BCUT2D eigenvalue weighted by Crippen LogP contribution is -2.02. The molecule has 0 bridgehead atoms. The molecule has 6 heteroatoms. The van der Waals surface area contributed by atoms with Crippen LogP contribution < -0.4 is 0 Å². The summed E-state index contributed by atoms with van der Waals surface area (Å²) in [4.78, 5) is 0.396. The van der Waals surface area contributed by atoms with Gasteiger partial charge in [-0.15, -0.1) is 11.3 Å². The maximum absolute atomic E-state index is 13.6. The second-order valence-electron chi connectivity index (χ2n) is 3.32. The van der Waals surface area contributed by atoms with E-state index in [4.69, 9.17) is 11.6 Å². The van der Waals surface area contributed by atoms with Crippen molar-refractivity contribution in [2.24, 2.45) is 0 Å². The molecule has 1 aromatic heterocycles. The predicted molar refractivity (Wildman–Crippen MR) is 67.4 cm³/mol. The van der Waals surface area contributed by atoms with Gasteiger partial charge in [-0.1, -0.05) is 11.6 Å². The van der Waals surface area contributed by atoms with Crippen LogP contribution in [-0.4, -0.2) is 5.11 Å². The third-order valence-electron chi connectivity index (χ3n) is 2.23. The van der Waals surface area contributed by atoms with Gasteiger partial charge >= 0.3 is 0 Å². The Hall–Kier alpha value is -0.490. The smallest absolute Gasteiger partial charge is 0.137 e. The van der Waals surface area contributed by atoms with Crippen LogP contribution in [0.3, 0.4) is 0 Å². The van der Waals surface area contributed by atoms with Crippen LogP contribution in [-0.2, 0) is 0 Å². The maximum atomic E-state index is 13.6. The Morgan fingerprint density at radius 3 is 2.59 bits per heavy atom. The number of thiophene rings is 1. The molecule has 1 aromatic carbocycles. The molecule has 0 aliphatic carbocycles. The summed E-state index contributed by atoms with van der Waals surface area (Å²) in [6, 6.07) is 3.54. The van der Waals surface area contributed by atoms with E-state index < -0.39 is 17.7 Å². The van der Waals surface area contributed by atoms with Crippen molar-refractivity contribution in [2.75, 3.05) is 0 Å². The van der Waals surface area contributed by atoms with Gasteiger partial charge in [0.05, 0.1) is 14.4 Å². The molecular formula is C11H6BrClF2OS. The lowest BCUT2D eigenvalue weighted by Gasteiger charge is -2.11. The van der Waals surface area contributed by atoms with Gasteiger partial charge in [0.1, 0.15) is 17.7 Å². The molecule has 1 atom stereocenters. The van der Waals surface area contributed by atoms with E-state index in [1.807, 2.05) is 0 Å². The molecule has 0 spiro atoms. The first-order valence-electron chi connectivity index (χ1n) is 4.56. The van der Waals surface area contributed by atoms with E-state index in [0.29, 0.717) is 9.90 Å². The Morgan fingerprint density at radius 2 is 2.00 bits per heavy atom. The standard InChI is InChI=1S/C11H6BrClF2OS/c12-6-4-8(14)5(3-9(6)15)10(16)11-7(13)1-2-17-11/h1-4,10,16H. The predicted octanol–water partition coefficient (Wildman–Crippen LogP) is 4.52. The quantitative estimate of drug-likeness (QED) is 0.797. The Kier molecular flexibility index (Phi) is 3.82. The fourth-order valence-electron chi connectivity index (χ4n) is 1.39. The van der Waals surface area contributed by atoms with Gasteiger partial charge in [-0.05, 0) is 39.5 Å². The van der Waals surface area contributed by atoms with Crippen LogP contribution in [0.15, 0.2) is 28.1 Å². The van der Waals surface area contributed by atoms with Crippen molar-refractivity contribution in [1.82, 2.24) is 0 Å². The van der Waals surface area contributed by atoms with Crippen molar-refractivity contribution in [3.05, 3.63) is 55.1 Å². The zero-order valence-corrected chi connectivity index (χ0v) is 11.4. The molecule has 2 rings (SSSR count). The van der Waals surface area contributed by atoms with Gasteiger partial charge in [0, 0.05) is 5.56 Å². The molecule has 90 valence electrons. The van der Waals surface area contributed by atoms with Crippen LogP contribution in [0.2, 0.25) is 5.02 Å². The number of aliphatic hydroxyl groups is 1. The van der Waals surface area contributed by atoms with Gasteiger partial charge in [0.2, 0.25) is 0 Å². The third-order valence-corrected chi connectivity index (χ3v) is 4.25. The monoisotopic (exact) mass is 338 g/mol. The van der Waals surface area contributed by atoms with Gasteiger partial charge in [0.25, 0.3) is 0 Å². The highest BCUT2D eigenvalue weighted by molar-refractivity contribution is 9.10. The number of hydrogen-bond donors (Lipinski definition) is 1. The first kappa shape index (κ1) is 13.0. The molecule has 1 heterocycles.